The third kappa shape index (κ3) is 2.40. The van der Waals surface area contributed by atoms with Crippen LogP contribution in [-0.2, 0) is 0 Å². The second-order valence-electron chi connectivity index (χ2n) is 5.54. The Labute approximate surface area is 143 Å². The lowest BCUT2D eigenvalue weighted by Gasteiger charge is -2.32. The molecule has 0 fully saturated rings. The molecule has 1 N–H and O–H groups in total. The van der Waals surface area contributed by atoms with Gasteiger partial charge in [0.25, 0.3) is 0 Å². The van der Waals surface area contributed by atoms with E-state index in [1.165, 1.54) is 0 Å². The van der Waals surface area contributed by atoms with E-state index in [0.29, 0.717) is 23.1 Å². The van der Waals surface area contributed by atoms with Crippen molar-refractivity contribution in [1.82, 2.24) is 4.98 Å². The first-order valence-electron chi connectivity index (χ1n) is 7.49. The number of hydrogen-bond acceptors (Lipinski definition) is 6. The van der Waals surface area contributed by atoms with Gasteiger partial charge in [-0.15, -0.1) is 5.10 Å². The van der Waals surface area contributed by atoms with E-state index >= 15 is 0 Å². The summed E-state index contributed by atoms with van der Waals surface area (Å²) in [6, 6.07) is 11.1. The van der Waals surface area contributed by atoms with E-state index in [1.807, 2.05) is 30.3 Å². The summed E-state index contributed by atoms with van der Waals surface area (Å²) in [5.74, 6) is 0.586. The highest BCUT2D eigenvalue weighted by Gasteiger charge is 2.32. The molecule has 0 radical (unpaired) electrons. The number of aliphatic imine (C=N–C) groups is 1. The number of aliphatic hydroxyl groups excluding tert-OH is 1. The van der Waals surface area contributed by atoms with Crippen molar-refractivity contribution in [3.8, 4) is 0 Å². The van der Waals surface area contributed by atoms with E-state index < -0.39 is 6.23 Å². The highest BCUT2D eigenvalue weighted by molar-refractivity contribution is 6.32. The molecule has 0 bridgehead atoms. The summed E-state index contributed by atoms with van der Waals surface area (Å²) in [7, 11) is 0. The third-order valence-corrected chi connectivity index (χ3v) is 4.21. The van der Waals surface area contributed by atoms with E-state index in [2.05, 4.69) is 20.2 Å². The zero-order valence-corrected chi connectivity index (χ0v) is 13.6. The average molecular weight is 340 g/mol. The Kier molecular flexibility index (Phi) is 3.63. The van der Waals surface area contributed by atoms with Crippen LogP contribution in [0.25, 0.3) is 0 Å². The van der Waals surface area contributed by atoms with Crippen molar-refractivity contribution in [2.45, 2.75) is 13.2 Å². The van der Waals surface area contributed by atoms with Gasteiger partial charge in [-0.2, -0.15) is 5.10 Å². The van der Waals surface area contributed by atoms with Crippen molar-refractivity contribution < 1.29 is 5.11 Å². The molecule has 1 aromatic heterocycles. The molecule has 0 saturated heterocycles. The quantitative estimate of drug-likeness (QED) is 0.867. The number of aromatic nitrogens is 1. The van der Waals surface area contributed by atoms with E-state index in [4.69, 9.17) is 11.6 Å². The number of benzene rings is 1. The Morgan fingerprint density at radius 1 is 1.21 bits per heavy atom. The summed E-state index contributed by atoms with van der Waals surface area (Å²) >= 11 is 6.21. The molecular formula is C17H14ClN5O. The van der Waals surface area contributed by atoms with Gasteiger partial charge in [-0.1, -0.05) is 17.7 Å². The number of rotatable bonds is 1. The van der Waals surface area contributed by atoms with Gasteiger partial charge in [0, 0.05) is 16.8 Å². The van der Waals surface area contributed by atoms with E-state index in [1.54, 1.807) is 24.1 Å². The van der Waals surface area contributed by atoms with Crippen molar-refractivity contribution in [3.05, 3.63) is 58.9 Å². The van der Waals surface area contributed by atoms with Gasteiger partial charge in [0.2, 0.25) is 0 Å². The first-order valence-corrected chi connectivity index (χ1v) is 7.87. The first-order chi connectivity index (χ1) is 11.6. The topological polar surface area (TPSA) is 73.4 Å². The maximum Gasteiger partial charge on any atom is 0.173 e. The molecule has 2 aromatic rings. The Morgan fingerprint density at radius 3 is 2.88 bits per heavy atom. The number of fused-ring (bicyclic) bond motifs is 3. The first kappa shape index (κ1) is 15.0. The number of amidine groups is 1. The highest BCUT2D eigenvalue weighted by Crippen LogP contribution is 2.31. The number of hydrogen-bond donors (Lipinski definition) is 1. The molecule has 0 aliphatic carbocycles. The molecule has 0 amide bonds. The molecule has 0 saturated carbocycles. The molecule has 24 heavy (non-hydrogen) atoms. The predicted octanol–water partition coefficient (Wildman–Crippen LogP) is 2.50. The van der Waals surface area contributed by atoms with Gasteiger partial charge in [0.1, 0.15) is 0 Å². The zero-order valence-electron chi connectivity index (χ0n) is 12.9. The second kappa shape index (κ2) is 5.81. The number of anilines is 1. The van der Waals surface area contributed by atoms with Gasteiger partial charge >= 0.3 is 0 Å². The number of pyridine rings is 1. The largest absolute Gasteiger partial charge is 0.368 e. The van der Waals surface area contributed by atoms with Crippen LogP contribution in [0.5, 0.6) is 0 Å². The second-order valence-corrected chi connectivity index (χ2v) is 5.98. The van der Waals surface area contributed by atoms with Gasteiger partial charge in [0.05, 0.1) is 29.3 Å². The van der Waals surface area contributed by atoms with Crippen LogP contribution in [0.1, 0.15) is 18.2 Å². The van der Waals surface area contributed by atoms with Crippen molar-refractivity contribution in [1.29, 1.82) is 0 Å². The molecule has 0 spiro atoms. The minimum absolute atomic E-state index is 0.298. The van der Waals surface area contributed by atoms with Gasteiger partial charge in [0.15, 0.2) is 12.1 Å². The Bertz CT molecular complexity index is 891. The molecule has 1 unspecified atom stereocenters. The predicted molar refractivity (Wildman–Crippen MR) is 95.2 cm³/mol. The Hall–Kier alpha value is -2.57. The molecule has 1 aromatic carbocycles. The maximum atomic E-state index is 10.6. The van der Waals surface area contributed by atoms with Crippen LogP contribution in [0, 0.1) is 0 Å². The fraction of sp³-hybridized carbons (Fsp3) is 0.176. The minimum Gasteiger partial charge on any atom is -0.368 e. The molecule has 2 aliphatic rings. The molecule has 1 atom stereocenters. The Morgan fingerprint density at radius 2 is 2.08 bits per heavy atom. The normalized spacial score (nSPS) is 19.5. The fourth-order valence-electron chi connectivity index (χ4n) is 2.81. The molecule has 7 heteroatoms. The molecule has 3 heterocycles. The van der Waals surface area contributed by atoms with Crippen LogP contribution in [0.3, 0.4) is 0 Å². The average Bonchev–Trinajstić information content (AvgIpc) is 2.76. The van der Waals surface area contributed by atoms with Crippen LogP contribution in [0.2, 0.25) is 5.02 Å². The van der Waals surface area contributed by atoms with Crippen LogP contribution in [0.15, 0.2) is 57.8 Å². The van der Waals surface area contributed by atoms with Gasteiger partial charge in [-0.05, 0) is 37.3 Å². The van der Waals surface area contributed by atoms with Crippen LogP contribution >= 0.6 is 11.6 Å². The fourth-order valence-corrected chi connectivity index (χ4v) is 2.98. The van der Waals surface area contributed by atoms with Gasteiger partial charge in [-0.3, -0.25) is 14.9 Å². The Balaban J connectivity index is 1.94. The minimum atomic E-state index is -0.879. The summed E-state index contributed by atoms with van der Waals surface area (Å²) < 4.78 is 0. The molecule has 6 nitrogen and oxygen atoms in total. The van der Waals surface area contributed by atoms with Crippen molar-refractivity contribution in [2.24, 2.45) is 15.2 Å². The van der Waals surface area contributed by atoms with Crippen molar-refractivity contribution in [3.63, 3.8) is 0 Å². The van der Waals surface area contributed by atoms with E-state index in [9.17, 15) is 5.11 Å². The summed E-state index contributed by atoms with van der Waals surface area (Å²) in [5.41, 5.74) is 3.58. The highest BCUT2D eigenvalue weighted by atomic mass is 35.5. The molecule has 2 aliphatic heterocycles. The summed E-state index contributed by atoms with van der Waals surface area (Å²) in [4.78, 5) is 10.8. The zero-order chi connectivity index (χ0) is 16.7. The standard InChI is InChI=1S/C17H14ClN5O/c1-10-17(24)23-14-6-5-11(18)8-12(14)16(13-4-2-3-7-19-13)20-9-15(23)22-21-10/h2-8,17,24H,9H2,1H3. The third-order valence-electron chi connectivity index (χ3n) is 3.98. The monoisotopic (exact) mass is 339 g/mol. The van der Waals surface area contributed by atoms with Crippen LogP contribution < -0.4 is 4.90 Å². The summed E-state index contributed by atoms with van der Waals surface area (Å²) in [6.45, 7) is 2.04. The number of nitrogens with zero attached hydrogens (tertiary/aromatic N) is 5. The molecule has 4 rings (SSSR count). The van der Waals surface area contributed by atoms with Gasteiger partial charge < -0.3 is 5.11 Å². The van der Waals surface area contributed by atoms with Crippen molar-refractivity contribution in [2.75, 3.05) is 11.4 Å². The van der Waals surface area contributed by atoms with Crippen molar-refractivity contribution >= 4 is 34.5 Å². The maximum absolute atomic E-state index is 10.6. The molecule has 120 valence electrons. The summed E-state index contributed by atoms with van der Waals surface area (Å²) in [5, 5.41) is 19.4. The lowest BCUT2D eigenvalue weighted by molar-refractivity contribution is 0.247. The van der Waals surface area contributed by atoms with Crippen LogP contribution in [0.4, 0.5) is 5.69 Å². The van der Waals surface area contributed by atoms with Gasteiger partial charge in [-0.25, -0.2) is 0 Å². The van der Waals surface area contributed by atoms with E-state index in [0.717, 1.165) is 22.7 Å². The lowest BCUT2D eigenvalue weighted by Crippen LogP contribution is -2.47. The van der Waals surface area contributed by atoms with Crippen LogP contribution in [-0.4, -0.2) is 40.1 Å². The smallest absolute Gasteiger partial charge is 0.173 e. The van der Waals surface area contributed by atoms with E-state index in [-0.39, 0.29) is 0 Å². The SMILES string of the molecule is CC1=NN=C2CN=C(c3ccccn3)c3cc(Cl)ccc3N2C1O. The lowest BCUT2D eigenvalue weighted by atomic mass is 10.0. The number of aliphatic hydroxyl groups is 1. The number of halogens is 1. The molecular weight excluding hydrogens is 326 g/mol. The summed E-state index contributed by atoms with van der Waals surface area (Å²) in [6.07, 6.45) is 0.843.